The third-order valence-corrected chi connectivity index (χ3v) is 2.82. The number of nitro benzene ring substituents is 1. The Morgan fingerprint density at radius 2 is 2.21 bits per heavy atom. The molecule has 1 aromatic carbocycles. The zero-order valence-electron chi connectivity index (χ0n) is 10.5. The van der Waals surface area contributed by atoms with Gasteiger partial charge in [-0.1, -0.05) is 0 Å². The lowest BCUT2D eigenvalue weighted by Crippen LogP contribution is -2.00. The molecule has 100 valence electrons. The smallest absolute Gasteiger partial charge is 0.306 e. The van der Waals surface area contributed by atoms with Gasteiger partial charge in [0.25, 0.3) is 0 Å². The summed E-state index contributed by atoms with van der Waals surface area (Å²) >= 11 is 0. The molecule has 0 saturated carbocycles. The van der Waals surface area contributed by atoms with Gasteiger partial charge in [-0.05, 0) is 30.7 Å². The fraction of sp³-hybridized carbons (Fsp3) is 0.231. The molecule has 2 aromatic rings. The Kier molecular flexibility index (Phi) is 3.79. The lowest BCUT2D eigenvalue weighted by molar-refractivity contribution is -0.387. The van der Waals surface area contributed by atoms with Gasteiger partial charge in [0, 0.05) is 37.2 Å². The lowest BCUT2D eigenvalue weighted by Gasteiger charge is -2.05. The topological polar surface area (TPSA) is 60.1 Å². The largest absolute Gasteiger partial charge is 0.381 e. The van der Waals surface area contributed by atoms with Gasteiger partial charge in [-0.15, -0.1) is 0 Å². The van der Waals surface area contributed by atoms with Crippen LogP contribution < -0.4 is 5.32 Å². The van der Waals surface area contributed by atoms with Crippen molar-refractivity contribution in [2.24, 2.45) is 0 Å². The van der Waals surface area contributed by atoms with E-state index in [4.69, 9.17) is 0 Å². The SMILES string of the molecule is CCn1ccc(CNc2ccc(F)c([N+](=O)[O-])c2)c1. The molecule has 0 amide bonds. The molecular formula is C13H14FN3O2. The van der Waals surface area contributed by atoms with Crippen LogP contribution in [0.2, 0.25) is 0 Å². The zero-order chi connectivity index (χ0) is 13.8. The van der Waals surface area contributed by atoms with Crippen LogP contribution in [0.4, 0.5) is 15.8 Å². The highest BCUT2D eigenvalue weighted by molar-refractivity contribution is 5.52. The molecule has 2 rings (SSSR count). The van der Waals surface area contributed by atoms with E-state index in [-0.39, 0.29) is 0 Å². The van der Waals surface area contributed by atoms with E-state index in [1.54, 1.807) is 0 Å². The Bertz CT molecular complexity index is 595. The average molecular weight is 263 g/mol. The standard InChI is InChI=1S/C13H14FN3O2/c1-2-16-6-5-10(9-16)8-15-11-3-4-12(14)13(7-11)17(18)19/h3-7,9,15H,2,8H2,1H3. The van der Waals surface area contributed by atoms with Crippen molar-refractivity contribution in [1.29, 1.82) is 0 Å². The van der Waals surface area contributed by atoms with Crippen molar-refractivity contribution in [3.05, 3.63) is 58.2 Å². The monoisotopic (exact) mass is 263 g/mol. The van der Waals surface area contributed by atoms with Crippen molar-refractivity contribution in [3.63, 3.8) is 0 Å². The molecule has 0 aliphatic carbocycles. The summed E-state index contributed by atoms with van der Waals surface area (Å²) in [5.41, 5.74) is 1.07. The summed E-state index contributed by atoms with van der Waals surface area (Å²) in [4.78, 5) is 9.90. The van der Waals surface area contributed by atoms with Crippen LogP contribution in [-0.2, 0) is 13.1 Å². The Morgan fingerprint density at radius 3 is 2.84 bits per heavy atom. The predicted octanol–water partition coefficient (Wildman–Crippen LogP) is 3.17. The second-order valence-electron chi connectivity index (χ2n) is 4.13. The van der Waals surface area contributed by atoms with Crippen molar-refractivity contribution in [3.8, 4) is 0 Å². The summed E-state index contributed by atoms with van der Waals surface area (Å²) in [5.74, 6) is -0.826. The van der Waals surface area contributed by atoms with Gasteiger partial charge in [-0.2, -0.15) is 4.39 Å². The number of benzene rings is 1. The molecule has 1 aromatic heterocycles. The number of anilines is 1. The number of rotatable bonds is 5. The van der Waals surface area contributed by atoms with Gasteiger partial charge in [0.1, 0.15) is 0 Å². The normalized spacial score (nSPS) is 10.4. The molecule has 6 heteroatoms. The van der Waals surface area contributed by atoms with Gasteiger partial charge in [0.2, 0.25) is 5.82 Å². The fourth-order valence-corrected chi connectivity index (χ4v) is 1.76. The van der Waals surface area contributed by atoms with E-state index < -0.39 is 16.4 Å². The van der Waals surface area contributed by atoms with Crippen molar-refractivity contribution in [1.82, 2.24) is 4.57 Å². The van der Waals surface area contributed by atoms with Crippen LogP contribution in [0.25, 0.3) is 0 Å². The van der Waals surface area contributed by atoms with Crippen molar-refractivity contribution in [2.75, 3.05) is 5.32 Å². The van der Waals surface area contributed by atoms with Gasteiger partial charge in [-0.3, -0.25) is 10.1 Å². The van der Waals surface area contributed by atoms with E-state index in [0.717, 1.165) is 18.2 Å². The summed E-state index contributed by atoms with van der Waals surface area (Å²) in [6.45, 7) is 3.47. The molecule has 0 radical (unpaired) electrons. The maximum absolute atomic E-state index is 13.2. The summed E-state index contributed by atoms with van der Waals surface area (Å²) in [6, 6.07) is 5.75. The first-order chi connectivity index (χ1) is 9.10. The number of nitrogens with zero attached hydrogens (tertiary/aromatic N) is 2. The Morgan fingerprint density at radius 1 is 1.42 bits per heavy atom. The fourth-order valence-electron chi connectivity index (χ4n) is 1.76. The molecule has 0 aliphatic rings. The minimum absolute atomic E-state index is 0.517. The second kappa shape index (κ2) is 5.51. The molecule has 0 spiro atoms. The van der Waals surface area contributed by atoms with Gasteiger partial charge < -0.3 is 9.88 Å². The third-order valence-electron chi connectivity index (χ3n) is 2.82. The van der Waals surface area contributed by atoms with E-state index in [1.807, 2.05) is 30.0 Å². The van der Waals surface area contributed by atoms with Crippen LogP contribution in [0.5, 0.6) is 0 Å². The van der Waals surface area contributed by atoms with E-state index >= 15 is 0 Å². The highest BCUT2D eigenvalue weighted by Crippen LogP contribution is 2.22. The molecule has 0 bridgehead atoms. The van der Waals surface area contributed by atoms with Gasteiger partial charge in [0.05, 0.1) is 4.92 Å². The van der Waals surface area contributed by atoms with E-state index in [1.165, 1.54) is 12.1 Å². The number of aromatic nitrogens is 1. The second-order valence-corrected chi connectivity index (χ2v) is 4.13. The molecule has 19 heavy (non-hydrogen) atoms. The first-order valence-electron chi connectivity index (χ1n) is 5.92. The molecule has 0 saturated heterocycles. The van der Waals surface area contributed by atoms with Crippen molar-refractivity contribution < 1.29 is 9.31 Å². The van der Waals surface area contributed by atoms with Gasteiger partial charge in [-0.25, -0.2) is 0 Å². The van der Waals surface area contributed by atoms with Crippen LogP contribution in [0, 0.1) is 15.9 Å². The highest BCUT2D eigenvalue weighted by Gasteiger charge is 2.14. The number of aryl methyl sites for hydroxylation is 1. The molecule has 1 N–H and O–H groups in total. The summed E-state index contributed by atoms with van der Waals surface area (Å²) in [6.07, 6.45) is 3.95. The highest BCUT2D eigenvalue weighted by atomic mass is 19.1. The Balaban J connectivity index is 2.07. The van der Waals surface area contributed by atoms with Crippen LogP contribution in [-0.4, -0.2) is 9.49 Å². The number of hydrogen-bond donors (Lipinski definition) is 1. The molecule has 5 nitrogen and oxygen atoms in total. The van der Waals surface area contributed by atoms with Crippen molar-refractivity contribution in [2.45, 2.75) is 20.0 Å². The predicted molar refractivity (Wildman–Crippen MR) is 70.5 cm³/mol. The van der Waals surface area contributed by atoms with E-state index in [2.05, 4.69) is 5.32 Å². The van der Waals surface area contributed by atoms with Gasteiger partial charge >= 0.3 is 5.69 Å². The summed E-state index contributed by atoms with van der Waals surface area (Å²) < 4.78 is 15.2. The van der Waals surface area contributed by atoms with Crippen LogP contribution >= 0.6 is 0 Å². The number of nitro groups is 1. The number of nitrogens with one attached hydrogen (secondary N) is 1. The summed E-state index contributed by atoms with van der Waals surface area (Å²) in [7, 11) is 0. The van der Waals surface area contributed by atoms with E-state index in [0.29, 0.717) is 12.2 Å². The molecule has 0 unspecified atom stereocenters. The van der Waals surface area contributed by atoms with Crippen LogP contribution in [0.1, 0.15) is 12.5 Å². The molecular weight excluding hydrogens is 249 g/mol. The third kappa shape index (κ3) is 3.09. The van der Waals surface area contributed by atoms with Crippen LogP contribution in [0.3, 0.4) is 0 Å². The lowest BCUT2D eigenvalue weighted by atomic mass is 10.2. The average Bonchev–Trinajstić information content (AvgIpc) is 2.85. The molecule has 0 fully saturated rings. The zero-order valence-corrected chi connectivity index (χ0v) is 10.5. The first-order valence-corrected chi connectivity index (χ1v) is 5.92. The molecule has 0 aliphatic heterocycles. The maximum Gasteiger partial charge on any atom is 0.306 e. The Labute approximate surface area is 109 Å². The quantitative estimate of drug-likeness (QED) is 0.665. The minimum Gasteiger partial charge on any atom is -0.381 e. The van der Waals surface area contributed by atoms with Gasteiger partial charge in [0.15, 0.2) is 0 Å². The Hall–Kier alpha value is -2.37. The molecule has 1 heterocycles. The summed E-state index contributed by atoms with van der Waals surface area (Å²) in [5, 5.41) is 13.7. The number of hydrogen-bond acceptors (Lipinski definition) is 3. The number of halogens is 1. The first kappa shape index (κ1) is 13.1. The van der Waals surface area contributed by atoms with Crippen LogP contribution in [0.15, 0.2) is 36.7 Å². The van der Waals surface area contributed by atoms with E-state index in [9.17, 15) is 14.5 Å². The maximum atomic E-state index is 13.2. The van der Waals surface area contributed by atoms with Crippen molar-refractivity contribution >= 4 is 11.4 Å². The molecule has 0 atom stereocenters. The minimum atomic E-state index is -0.826.